The SMILES string of the molecule is Cl.NCC1CCN(C(=O)C(Sc2cc(F)ccc2F)c2ccccc2)CC1. The van der Waals surface area contributed by atoms with Gasteiger partial charge in [0.15, 0.2) is 0 Å². The fraction of sp³-hybridized carbons (Fsp3) is 0.350. The van der Waals surface area contributed by atoms with Gasteiger partial charge in [0.25, 0.3) is 0 Å². The van der Waals surface area contributed by atoms with Crippen molar-refractivity contribution in [2.45, 2.75) is 23.0 Å². The van der Waals surface area contributed by atoms with Gasteiger partial charge in [0.2, 0.25) is 5.91 Å². The number of thioether (sulfide) groups is 1. The highest BCUT2D eigenvalue weighted by molar-refractivity contribution is 8.00. The standard InChI is InChI=1S/C20H22F2N2OS.ClH/c21-16-6-7-17(22)18(12-16)26-19(15-4-2-1-3-5-15)20(25)24-10-8-14(13-23)9-11-24;/h1-7,12,14,19H,8-11,13,23H2;1H. The van der Waals surface area contributed by atoms with Crippen molar-refractivity contribution in [3.8, 4) is 0 Å². The molecule has 1 amide bonds. The Morgan fingerprint density at radius 1 is 1.15 bits per heavy atom. The molecule has 1 heterocycles. The largest absolute Gasteiger partial charge is 0.341 e. The quantitative estimate of drug-likeness (QED) is 0.739. The van der Waals surface area contributed by atoms with E-state index in [1.807, 2.05) is 35.2 Å². The maximum absolute atomic E-state index is 14.1. The summed E-state index contributed by atoms with van der Waals surface area (Å²) in [6, 6.07) is 12.6. The topological polar surface area (TPSA) is 46.3 Å². The van der Waals surface area contributed by atoms with E-state index in [-0.39, 0.29) is 23.2 Å². The molecule has 1 aliphatic heterocycles. The summed E-state index contributed by atoms with van der Waals surface area (Å²) >= 11 is 1.06. The van der Waals surface area contributed by atoms with Gasteiger partial charge in [-0.25, -0.2) is 8.78 Å². The molecule has 2 N–H and O–H groups in total. The van der Waals surface area contributed by atoms with Gasteiger partial charge in [0.1, 0.15) is 16.9 Å². The van der Waals surface area contributed by atoms with Gasteiger partial charge in [-0.1, -0.05) is 30.3 Å². The lowest BCUT2D eigenvalue weighted by Crippen LogP contribution is -2.41. The van der Waals surface area contributed by atoms with Crippen molar-refractivity contribution in [3.05, 3.63) is 65.7 Å². The Morgan fingerprint density at radius 2 is 1.81 bits per heavy atom. The van der Waals surface area contributed by atoms with Crippen molar-refractivity contribution in [2.75, 3.05) is 19.6 Å². The van der Waals surface area contributed by atoms with Crippen molar-refractivity contribution < 1.29 is 13.6 Å². The average Bonchev–Trinajstić information content (AvgIpc) is 2.69. The van der Waals surface area contributed by atoms with Gasteiger partial charge in [-0.05, 0) is 49.1 Å². The number of piperidine rings is 1. The van der Waals surface area contributed by atoms with Crippen molar-refractivity contribution in [2.24, 2.45) is 11.7 Å². The average molecular weight is 413 g/mol. The summed E-state index contributed by atoms with van der Waals surface area (Å²) < 4.78 is 27.7. The molecule has 2 aromatic carbocycles. The van der Waals surface area contributed by atoms with Crippen LogP contribution < -0.4 is 5.73 Å². The number of hydrogen-bond acceptors (Lipinski definition) is 3. The summed E-state index contributed by atoms with van der Waals surface area (Å²) in [5, 5.41) is -0.609. The Labute approximate surface area is 168 Å². The Bertz CT molecular complexity index is 755. The van der Waals surface area contributed by atoms with E-state index in [1.54, 1.807) is 0 Å². The van der Waals surface area contributed by atoms with Gasteiger partial charge >= 0.3 is 0 Å². The van der Waals surface area contributed by atoms with E-state index >= 15 is 0 Å². The van der Waals surface area contributed by atoms with Crippen LogP contribution in [0.25, 0.3) is 0 Å². The van der Waals surface area contributed by atoms with E-state index < -0.39 is 16.9 Å². The second-order valence-electron chi connectivity index (χ2n) is 6.49. The number of rotatable bonds is 5. The van der Waals surface area contributed by atoms with E-state index in [1.165, 1.54) is 0 Å². The monoisotopic (exact) mass is 412 g/mol. The van der Waals surface area contributed by atoms with E-state index in [2.05, 4.69) is 0 Å². The van der Waals surface area contributed by atoms with E-state index in [9.17, 15) is 13.6 Å². The lowest BCUT2D eigenvalue weighted by Gasteiger charge is -2.33. The molecule has 7 heteroatoms. The van der Waals surface area contributed by atoms with Crippen molar-refractivity contribution in [3.63, 3.8) is 0 Å². The third-order valence-electron chi connectivity index (χ3n) is 4.72. The van der Waals surface area contributed by atoms with Crippen LogP contribution in [0.3, 0.4) is 0 Å². The van der Waals surface area contributed by atoms with Gasteiger partial charge in [-0.2, -0.15) is 0 Å². The number of halogens is 3. The van der Waals surface area contributed by atoms with Crippen LogP contribution in [0.1, 0.15) is 23.7 Å². The predicted octanol–water partition coefficient (Wildman–Crippen LogP) is 4.42. The highest BCUT2D eigenvalue weighted by Gasteiger charge is 2.30. The molecule has 1 fully saturated rings. The number of carbonyl (C=O) groups excluding carboxylic acids is 1. The third kappa shape index (κ3) is 5.43. The molecule has 0 aliphatic carbocycles. The van der Waals surface area contributed by atoms with Crippen molar-refractivity contribution >= 4 is 30.1 Å². The van der Waals surface area contributed by atoms with Crippen molar-refractivity contribution in [1.29, 1.82) is 0 Å². The molecule has 0 bridgehead atoms. The van der Waals surface area contributed by atoms with Crippen LogP contribution in [0.15, 0.2) is 53.4 Å². The highest BCUT2D eigenvalue weighted by atomic mass is 35.5. The number of nitrogens with two attached hydrogens (primary N) is 1. The zero-order valence-corrected chi connectivity index (χ0v) is 16.4. The Hall–Kier alpha value is -1.63. The number of hydrogen-bond donors (Lipinski definition) is 1. The van der Waals surface area contributed by atoms with Gasteiger partial charge < -0.3 is 10.6 Å². The highest BCUT2D eigenvalue weighted by Crippen LogP contribution is 2.39. The third-order valence-corrected chi connectivity index (χ3v) is 6.00. The van der Waals surface area contributed by atoms with Crippen LogP contribution in [0.5, 0.6) is 0 Å². The summed E-state index contributed by atoms with van der Waals surface area (Å²) in [5.41, 5.74) is 6.51. The molecular weight excluding hydrogens is 390 g/mol. The van der Waals surface area contributed by atoms with E-state index in [0.717, 1.165) is 48.4 Å². The normalized spacial score (nSPS) is 15.9. The minimum atomic E-state index is -0.609. The summed E-state index contributed by atoms with van der Waals surface area (Å²) in [4.78, 5) is 15.1. The molecule has 1 saturated heterocycles. The first-order valence-electron chi connectivity index (χ1n) is 8.74. The molecule has 1 atom stereocenters. The minimum Gasteiger partial charge on any atom is -0.341 e. The maximum atomic E-state index is 14.1. The minimum absolute atomic E-state index is 0. The fourth-order valence-electron chi connectivity index (χ4n) is 3.14. The van der Waals surface area contributed by atoms with Crippen LogP contribution in [-0.2, 0) is 4.79 Å². The summed E-state index contributed by atoms with van der Waals surface area (Å²) in [6.07, 6.45) is 1.76. The lowest BCUT2D eigenvalue weighted by molar-refractivity contribution is -0.132. The smallest absolute Gasteiger partial charge is 0.240 e. The number of benzene rings is 2. The Morgan fingerprint density at radius 3 is 2.44 bits per heavy atom. The molecule has 146 valence electrons. The van der Waals surface area contributed by atoms with E-state index in [4.69, 9.17) is 5.73 Å². The predicted molar refractivity (Wildman–Crippen MR) is 107 cm³/mol. The first-order chi connectivity index (χ1) is 12.6. The van der Waals surface area contributed by atoms with Gasteiger partial charge in [-0.15, -0.1) is 24.2 Å². The Balaban J connectivity index is 0.00000261. The van der Waals surface area contributed by atoms with Gasteiger partial charge in [0, 0.05) is 18.0 Å². The number of amides is 1. The molecule has 0 radical (unpaired) electrons. The number of carbonyl (C=O) groups is 1. The van der Waals surface area contributed by atoms with E-state index in [0.29, 0.717) is 25.6 Å². The number of likely N-dealkylation sites (tertiary alicyclic amines) is 1. The summed E-state index contributed by atoms with van der Waals surface area (Å²) in [7, 11) is 0. The molecule has 0 spiro atoms. The Kier molecular flexibility index (Phi) is 8.07. The number of nitrogens with zero attached hydrogens (tertiary/aromatic N) is 1. The molecule has 0 aromatic heterocycles. The van der Waals surface area contributed by atoms with Crippen LogP contribution in [0, 0.1) is 17.6 Å². The summed E-state index contributed by atoms with van der Waals surface area (Å²) in [6.45, 7) is 1.93. The van der Waals surface area contributed by atoms with Gasteiger partial charge in [0.05, 0.1) is 0 Å². The molecule has 2 aromatic rings. The van der Waals surface area contributed by atoms with Gasteiger partial charge in [-0.3, -0.25) is 4.79 Å². The molecular formula is C20H23ClF2N2OS. The van der Waals surface area contributed by atoms with Crippen LogP contribution in [0.4, 0.5) is 8.78 Å². The van der Waals surface area contributed by atoms with Crippen LogP contribution >= 0.6 is 24.2 Å². The first kappa shape index (κ1) is 21.7. The zero-order chi connectivity index (χ0) is 18.5. The lowest BCUT2D eigenvalue weighted by atomic mass is 9.96. The molecule has 27 heavy (non-hydrogen) atoms. The summed E-state index contributed by atoms with van der Waals surface area (Å²) in [5.74, 6) is -0.660. The second kappa shape index (κ2) is 10.1. The first-order valence-corrected chi connectivity index (χ1v) is 9.62. The molecule has 3 nitrogen and oxygen atoms in total. The van der Waals surface area contributed by atoms with Crippen LogP contribution in [-0.4, -0.2) is 30.4 Å². The molecule has 1 aliphatic rings. The maximum Gasteiger partial charge on any atom is 0.240 e. The second-order valence-corrected chi connectivity index (χ2v) is 7.63. The van der Waals surface area contributed by atoms with Crippen LogP contribution in [0.2, 0.25) is 0 Å². The van der Waals surface area contributed by atoms with Crippen molar-refractivity contribution in [1.82, 2.24) is 4.90 Å². The molecule has 3 rings (SSSR count). The fourth-order valence-corrected chi connectivity index (χ4v) is 4.30. The zero-order valence-electron chi connectivity index (χ0n) is 14.8. The molecule has 1 unspecified atom stereocenters. The molecule has 0 saturated carbocycles.